The Morgan fingerprint density at radius 1 is 1.33 bits per heavy atom. The van der Waals surface area contributed by atoms with E-state index in [9.17, 15) is 13.2 Å². The van der Waals surface area contributed by atoms with Gasteiger partial charge in [0.2, 0.25) is 0 Å². The molecule has 0 spiro atoms. The molecule has 1 aromatic heterocycles. The zero-order valence-corrected chi connectivity index (χ0v) is 12.2. The van der Waals surface area contributed by atoms with Gasteiger partial charge in [0, 0.05) is 32.5 Å². The fraction of sp³-hybridized carbons (Fsp3) is 0.714. The zero-order chi connectivity index (χ0) is 15.3. The molecule has 1 fully saturated rings. The Bertz CT molecular complexity index is 450. The molecule has 21 heavy (non-hydrogen) atoms. The molecule has 1 aliphatic heterocycles. The first-order valence-electron chi connectivity index (χ1n) is 7.24. The highest BCUT2D eigenvalue weighted by atomic mass is 19.4. The normalized spacial score (nSPS) is 20.5. The molecule has 0 aliphatic carbocycles. The van der Waals surface area contributed by atoms with E-state index in [1.54, 1.807) is 19.4 Å². The van der Waals surface area contributed by atoms with Gasteiger partial charge in [-0.3, -0.25) is 4.98 Å². The van der Waals surface area contributed by atoms with Gasteiger partial charge in [-0.1, -0.05) is 0 Å². The van der Waals surface area contributed by atoms with Crippen LogP contribution in [0.25, 0.3) is 0 Å². The fourth-order valence-corrected chi connectivity index (χ4v) is 2.80. The van der Waals surface area contributed by atoms with Crippen LogP contribution in [0, 0.1) is 5.92 Å². The summed E-state index contributed by atoms with van der Waals surface area (Å²) in [6, 6.07) is 0. The lowest BCUT2D eigenvalue weighted by Crippen LogP contribution is -2.38. The first kappa shape index (κ1) is 16.0. The first-order valence-corrected chi connectivity index (χ1v) is 7.24. The minimum atomic E-state index is -4.07. The quantitative estimate of drug-likeness (QED) is 0.908. The van der Waals surface area contributed by atoms with Crippen LogP contribution in [-0.2, 0) is 6.42 Å². The highest BCUT2D eigenvalue weighted by Crippen LogP contribution is 2.25. The van der Waals surface area contributed by atoms with E-state index in [4.69, 9.17) is 0 Å². The van der Waals surface area contributed by atoms with Crippen LogP contribution in [0.5, 0.6) is 0 Å². The van der Waals surface area contributed by atoms with E-state index in [0.717, 1.165) is 37.3 Å². The maximum absolute atomic E-state index is 12.3. The largest absolute Gasteiger partial charge is 0.390 e. The number of piperidine rings is 1. The number of halogens is 3. The number of nitrogens with zero attached hydrogens (tertiary/aromatic N) is 3. The summed E-state index contributed by atoms with van der Waals surface area (Å²) in [5.41, 5.74) is 0.891. The first-order chi connectivity index (χ1) is 9.98. The van der Waals surface area contributed by atoms with Crippen LogP contribution in [0.1, 0.15) is 25.0 Å². The summed E-state index contributed by atoms with van der Waals surface area (Å²) in [7, 11) is 1.80. The number of nitrogens with one attached hydrogen (secondary N) is 1. The van der Waals surface area contributed by atoms with Gasteiger partial charge in [-0.25, -0.2) is 4.98 Å². The van der Waals surface area contributed by atoms with Crippen LogP contribution in [0.15, 0.2) is 12.4 Å². The van der Waals surface area contributed by atoms with Crippen molar-refractivity contribution in [3.05, 3.63) is 18.1 Å². The van der Waals surface area contributed by atoms with E-state index < -0.39 is 12.6 Å². The molecule has 7 heteroatoms. The molecule has 4 nitrogen and oxygen atoms in total. The van der Waals surface area contributed by atoms with Gasteiger partial charge in [-0.2, -0.15) is 13.2 Å². The summed E-state index contributed by atoms with van der Waals surface area (Å²) >= 11 is 0. The molecule has 118 valence electrons. The summed E-state index contributed by atoms with van der Waals surface area (Å²) in [5.74, 6) is 1.10. The van der Waals surface area contributed by atoms with Crippen molar-refractivity contribution >= 4 is 5.82 Å². The Hall–Kier alpha value is -1.37. The van der Waals surface area contributed by atoms with E-state index in [-0.39, 0.29) is 6.54 Å². The van der Waals surface area contributed by atoms with Crippen molar-refractivity contribution in [1.29, 1.82) is 0 Å². The summed E-state index contributed by atoms with van der Waals surface area (Å²) in [6.45, 7) is 1.56. The van der Waals surface area contributed by atoms with Crippen LogP contribution in [-0.4, -0.2) is 47.7 Å². The number of alkyl halides is 3. The Balaban J connectivity index is 1.89. The number of rotatable bonds is 5. The highest BCUT2D eigenvalue weighted by molar-refractivity contribution is 5.38. The summed E-state index contributed by atoms with van der Waals surface area (Å²) in [6.07, 6.45) is 1.21. The average Bonchev–Trinajstić information content (AvgIpc) is 2.45. The molecule has 1 aromatic rings. The number of likely N-dealkylation sites (tertiary alicyclic amines) is 1. The van der Waals surface area contributed by atoms with Crippen molar-refractivity contribution in [2.75, 3.05) is 32.0 Å². The smallest absolute Gasteiger partial charge is 0.372 e. The van der Waals surface area contributed by atoms with Crippen LogP contribution in [0.2, 0.25) is 0 Å². The summed E-state index contributed by atoms with van der Waals surface area (Å²) in [4.78, 5) is 10.5. The maximum atomic E-state index is 12.3. The second-order valence-corrected chi connectivity index (χ2v) is 5.48. The Labute approximate surface area is 122 Å². The predicted molar refractivity (Wildman–Crippen MR) is 75.1 cm³/mol. The number of anilines is 1. The molecule has 0 saturated carbocycles. The Morgan fingerprint density at radius 2 is 2.10 bits per heavy atom. The molecular weight excluding hydrogens is 281 g/mol. The minimum absolute atomic E-state index is 0.0966. The van der Waals surface area contributed by atoms with Crippen molar-refractivity contribution in [2.24, 2.45) is 5.92 Å². The molecule has 2 heterocycles. The number of aromatic nitrogens is 2. The van der Waals surface area contributed by atoms with Crippen LogP contribution in [0.4, 0.5) is 19.0 Å². The molecule has 0 bridgehead atoms. The Morgan fingerprint density at radius 3 is 2.81 bits per heavy atom. The van der Waals surface area contributed by atoms with Gasteiger partial charge in [-0.05, 0) is 31.7 Å². The topological polar surface area (TPSA) is 41.1 Å². The van der Waals surface area contributed by atoms with Crippen LogP contribution >= 0.6 is 0 Å². The lowest BCUT2D eigenvalue weighted by molar-refractivity contribution is -0.138. The molecule has 1 N–H and O–H groups in total. The van der Waals surface area contributed by atoms with Gasteiger partial charge in [0.1, 0.15) is 5.82 Å². The third-order valence-corrected chi connectivity index (χ3v) is 3.81. The Kier molecular flexibility index (Phi) is 5.39. The van der Waals surface area contributed by atoms with Crippen molar-refractivity contribution < 1.29 is 13.2 Å². The average molecular weight is 302 g/mol. The van der Waals surface area contributed by atoms with Gasteiger partial charge in [0.05, 0.1) is 12.1 Å². The second kappa shape index (κ2) is 7.06. The molecule has 0 aromatic carbocycles. The number of hydrogen-bond donors (Lipinski definition) is 1. The molecular formula is C14H21F3N4. The second-order valence-electron chi connectivity index (χ2n) is 5.48. The molecule has 1 saturated heterocycles. The highest BCUT2D eigenvalue weighted by Gasteiger charge is 2.29. The third kappa shape index (κ3) is 5.15. The van der Waals surface area contributed by atoms with Crippen molar-refractivity contribution in [1.82, 2.24) is 14.9 Å². The van der Waals surface area contributed by atoms with E-state index >= 15 is 0 Å². The van der Waals surface area contributed by atoms with E-state index in [1.807, 2.05) is 4.90 Å². The van der Waals surface area contributed by atoms with Gasteiger partial charge >= 0.3 is 6.18 Å². The molecule has 1 atom stereocenters. The number of hydrogen-bond acceptors (Lipinski definition) is 4. The summed E-state index contributed by atoms with van der Waals surface area (Å²) in [5, 5.41) is 3.01. The SMILES string of the molecule is CNc1nccnc1CC1CCCN(CCC(F)(F)F)C1. The van der Waals surface area contributed by atoms with Crippen LogP contribution < -0.4 is 5.32 Å². The van der Waals surface area contributed by atoms with E-state index in [0.29, 0.717) is 12.5 Å². The standard InChI is InChI=1S/C14H21F3N4/c1-18-13-12(19-5-6-20-13)9-11-3-2-7-21(10-11)8-4-14(15,16)17/h5-6,11H,2-4,7-10H2,1H3,(H,18,20). The molecule has 0 radical (unpaired) electrons. The third-order valence-electron chi connectivity index (χ3n) is 3.81. The maximum Gasteiger partial charge on any atom is 0.390 e. The van der Waals surface area contributed by atoms with E-state index in [2.05, 4.69) is 15.3 Å². The van der Waals surface area contributed by atoms with E-state index in [1.165, 1.54) is 0 Å². The van der Waals surface area contributed by atoms with Crippen LogP contribution in [0.3, 0.4) is 0 Å². The lowest BCUT2D eigenvalue weighted by Gasteiger charge is -2.33. The lowest BCUT2D eigenvalue weighted by atomic mass is 9.93. The van der Waals surface area contributed by atoms with Crippen molar-refractivity contribution in [3.63, 3.8) is 0 Å². The monoisotopic (exact) mass is 302 g/mol. The van der Waals surface area contributed by atoms with Gasteiger partial charge in [-0.15, -0.1) is 0 Å². The zero-order valence-electron chi connectivity index (χ0n) is 12.2. The molecule has 2 rings (SSSR count). The molecule has 1 aliphatic rings. The molecule has 0 amide bonds. The predicted octanol–water partition coefficient (Wildman–Crippen LogP) is 2.73. The fourth-order valence-electron chi connectivity index (χ4n) is 2.80. The molecule has 1 unspecified atom stereocenters. The van der Waals surface area contributed by atoms with Crippen molar-refractivity contribution in [3.8, 4) is 0 Å². The summed E-state index contributed by atoms with van der Waals surface area (Å²) < 4.78 is 36.9. The van der Waals surface area contributed by atoms with Crippen molar-refractivity contribution in [2.45, 2.75) is 31.9 Å². The van der Waals surface area contributed by atoms with Gasteiger partial charge in [0.15, 0.2) is 0 Å². The van der Waals surface area contributed by atoms with Gasteiger partial charge in [0.25, 0.3) is 0 Å². The van der Waals surface area contributed by atoms with Gasteiger partial charge < -0.3 is 10.2 Å². The minimum Gasteiger partial charge on any atom is -0.372 e.